The van der Waals surface area contributed by atoms with Crippen LogP contribution < -0.4 is 10.1 Å². The molecule has 0 unspecified atom stereocenters. The predicted octanol–water partition coefficient (Wildman–Crippen LogP) is 1.27. The molecule has 0 aliphatic carbocycles. The largest absolute Gasteiger partial charge is 0.491 e. The van der Waals surface area contributed by atoms with Crippen LogP contribution in [0.2, 0.25) is 0 Å². The molecule has 6 heteroatoms. The summed E-state index contributed by atoms with van der Waals surface area (Å²) in [5.41, 5.74) is 1.30. The van der Waals surface area contributed by atoms with Crippen LogP contribution in [0.4, 0.5) is 0 Å². The van der Waals surface area contributed by atoms with Gasteiger partial charge in [-0.05, 0) is 6.07 Å². The zero-order chi connectivity index (χ0) is 15.1. The van der Waals surface area contributed by atoms with Crippen molar-refractivity contribution in [3.8, 4) is 5.75 Å². The highest BCUT2D eigenvalue weighted by molar-refractivity contribution is 5.92. The van der Waals surface area contributed by atoms with Crippen LogP contribution in [-0.2, 0) is 13.0 Å². The standard InChI is InChI=1S/C15H19N3O3/c1-2-14-16-10-12(18-14)15(20)17-9-11-5-3-4-6-13(11)21-8-7-19/h3-6,10,19H,2,7-9H2,1H3,(H,16,18)(H,17,20). The Morgan fingerprint density at radius 3 is 2.95 bits per heavy atom. The molecule has 2 rings (SSSR count). The summed E-state index contributed by atoms with van der Waals surface area (Å²) in [4.78, 5) is 19.1. The SMILES string of the molecule is CCc1ncc(C(=O)NCc2ccccc2OCCO)[nH]1. The molecule has 0 saturated carbocycles. The monoisotopic (exact) mass is 289 g/mol. The summed E-state index contributed by atoms with van der Waals surface area (Å²) in [6.07, 6.45) is 2.29. The number of carbonyl (C=O) groups is 1. The number of aromatic nitrogens is 2. The van der Waals surface area contributed by atoms with Crippen LogP contribution in [0.25, 0.3) is 0 Å². The highest BCUT2D eigenvalue weighted by Crippen LogP contribution is 2.17. The van der Waals surface area contributed by atoms with Crippen LogP contribution in [0.3, 0.4) is 0 Å². The van der Waals surface area contributed by atoms with Gasteiger partial charge in [-0.15, -0.1) is 0 Å². The molecule has 21 heavy (non-hydrogen) atoms. The molecule has 0 aliphatic rings. The lowest BCUT2D eigenvalue weighted by Crippen LogP contribution is -2.23. The van der Waals surface area contributed by atoms with Crippen LogP contribution in [0.5, 0.6) is 5.75 Å². The van der Waals surface area contributed by atoms with E-state index in [2.05, 4.69) is 15.3 Å². The maximum Gasteiger partial charge on any atom is 0.269 e. The first-order valence-corrected chi connectivity index (χ1v) is 6.88. The van der Waals surface area contributed by atoms with Gasteiger partial charge in [-0.3, -0.25) is 4.79 Å². The fourth-order valence-corrected chi connectivity index (χ4v) is 1.87. The summed E-state index contributed by atoms with van der Waals surface area (Å²) < 4.78 is 5.42. The van der Waals surface area contributed by atoms with Crippen molar-refractivity contribution in [2.45, 2.75) is 19.9 Å². The number of benzene rings is 1. The van der Waals surface area contributed by atoms with E-state index in [1.165, 1.54) is 6.20 Å². The Bertz CT molecular complexity index is 595. The normalized spacial score (nSPS) is 10.4. The highest BCUT2D eigenvalue weighted by atomic mass is 16.5. The molecule has 112 valence electrons. The summed E-state index contributed by atoms with van der Waals surface area (Å²) in [6, 6.07) is 7.40. The minimum atomic E-state index is -0.209. The molecule has 0 fully saturated rings. The second kappa shape index (κ2) is 7.44. The minimum Gasteiger partial charge on any atom is -0.491 e. The average Bonchev–Trinajstić information content (AvgIpc) is 3.00. The number of imidazole rings is 1. The van der Waals surface area contributed by atoms with Gasteiger partial charge in [0.15, 0.2) is 0 Å². The number of nitrogens with one attached hydrogen (secondary N) is 2. The Labute approximate surface area is 123 Å². The topological polar surface area (TPSA) is 87.2 Å². The van der Waals surface area contributed by atoms with Gasteiger partial charge in [-0.2, -0.15) is 0 Å². The molecule has 1 heterocycles. The maximum absolute atomic E-state index is 12.0. The van der Waals surface area contributed by atoms with Crippen molar-refractivity contribution in [1.29, 1.82) is 0 Å². The summed E-state index contributed by atoms with van der Waals surface area (Å²) >= 11 is 0. The van der Waals surface area contributed by atoms with E-state index < -0.39 is 0 Å². The Kier molecular flexibility index (Phi) is 5.34. The quantitative estimate of drug-likeness (QED) is 0.716. The first-order valence-electron chi connectivity index (χ1n) is 6.88. The van der Waals surface area contributed by atoms with Crippen molar-refractivity contribution in [3.05, 3.63) is 47.5 Å². The van der Waals surface area contributed by atoms with E-state index in [4.69, 9.17) is 9.84 Å². The van der Waals surface area contributed by atoms with Crippen molar-refractivity contribution in [3.63, 3.8) is 0 Å². The first-order chi connectivity index (χ1) is 10.2. The summed E-state index contributed by atoms with van der Waals surface area (Å²) in [5, 5.41) is 11.6. The van der Waals surface area contributed by atoms with Gasteiger partial charge in [0.25, 0.3) is 5.91 Å². The third-order valence-corrected chi connectivity index (χ3v) is 2.97. The van der Waals surface area contributed by atoms with E-state index in [0.717, 1.165) is 17.8 Å². The van der Waals surface area contributed by atoms with E-state index in [1.807, 2.05) is 31.2 Å². The smallest absolute Gasteiger partial charge is 0.269 e. The van der Waals surface area contributed by atoms with Crippen LogP contribution in [0, 0.1) is 0 Å². The highest BCUT2D eigenvalue weighted by Gasteiger charge is 2.10. The van der Waals surface area contributed by atoms with E-state index in [9.17, 15) is 4.79 Å². The Hall–Kier alpha value is -2.34. The fourth-order valence-electron chi connectivity index (χ4n) is 1.87. The van der Waals surface area contributed by atoms with Crippen molar-refractivity contribution < 1.29 is 14.6 Å². The van der Waals surface area contributed by atoms with Crippen LogP contribution in [0.15, 0.2) is 30.5 Å². The number of rotatable bonds is 7. The molecule has 1 aromatic heterocycles. The Morgan fingerprint density at radius 1 is 1.43 bits per heavy atom. The summed E-state index contributed by atoms with van der Waals surface area (Å²) in [7, 11) is 0. The molecule has 0 bridgehead atoms. The maximum atomic E-state index is 12.0. The molecular formula is C15H19N3O3. The van der Waals surface area contributed by atoms with Gasteiger partial charge in [0, 0.05) is 18.5 Å². The number of aliphatic hydroxyl groups excluding tert-OH is 1. The minimum absolute atomic E-state index is 0.0470. The average molecular weight is 289 g/mol. The number of hydrogen-bond donors (Lipinski definition) is 3. The van der Waals surface area contributed by atoms with Crippen LogP contribution >= 0.6 is 0 Å². The molecule has 0 atom stereocenters. The van der Waals surface area contributed by atoms with Gasteiger partial charge in [-0.25, -0.2) is 4.98 Å². The lowest BCUT2D eigenvalue weighted by atomic mass is 10.2. The number of carbonyl (C=O) groups excluding carboxylic acids is 1. The van der Waals surface area contributed by atoms with Crippen molar-refractivity contribution in [1.82, 2.24) is 15.3 Å². The van der Waals surface area contributed by atoms with E-state index in [-0.39, 0.29) is 19.1 Å². The van der Waals surface area contributed by atoms with E-state index in [0.29, 0.717) is 18.0 Å². The number of aliphatic hydroxyl groups is 1. The lowest BCUT2D eigenvalue weighted by molar-refractivity contribution is 0.0946. The number of ether oxygens (including phenoxy) is 1. The molecule has 2 aromatic rings. The number of amides is 1. The zero-order valence-electron chi connectivity index (χ0n) is 11.9. The van der Waals surface area contributed by atoms with Crippen molar-refractivity contribution >= 4 is 5.91 Å². The molecule has 0 saturated heterocycles. The summed E-state index contributed by atoms with van der Waals surface area (Å²) in [6.45, 7) is 2.50. The zero-order valence-corrected chi connectivity index (χ0v) is 11.9. The van der Waals surface area contributed by atoms with Crippen molar-refractivity contribution in [2.75, 3.05) is 13.2 Å². The first kappa shape index (κ1) is 15.1. The second-order valence-corrected chi connectivity index (χ2v) is 4.46. The molecule has 0 spiro atoms. The van der Waals surface area contributed by atoms with Crippen molar-refractivity contribution in [2.24, 2.45) is 0 Å². The molecule has 0 radical (unpaired) electrons. The third-order valence-electron chi connectivity index (χ3n) is 2.97. The van der Waals surface area contributed by atoms with Gasteiger partial charge < -0.3 is 20.1 Å². The Morgan fingerprint density at radius 2 is 2.24 bits per heavy atom. The second-order valence-electron chi connectivity index (χ2n) is 4.46. The van der Waals surface area contributed by atoms with Crippen LogP contribution in [-0.4, -0.2) is 34.2 Å². The Balaban J connectivity index is 1.97. The van der Waals surface area contributed by atoms with E-state index in [1.54, 1.807) is 0 Å². The fraction of sp³-hybridized carbons (Fsp3) is 0.333. The number of H-pyrrole nitrogens is 1. The third kappa shape index (κ3) is 4.06. The number of hydrogen-bond acceptors (Lipinski definition) is 4. The molecule has 0 aliphatic heterocycles. The molecular weight excluding hydrogens is 270 g/mol. The molecule has 1 amide bonds. The van der Waals surface area contributed by atoms with Gasteiger partial charge in [0.1, 0.15) is 23.9 Å². The molecule has 1 aromatic carbocycles. The number of nitrogens with zero attached hydrogens (tertiary/aromatic N) is 1. The van der Waals surface area contributed by atoms with Gasteiger partial charge in [0.05, 0.1) is 12.8 Å². The predicted molar refractivity (Wildman–Crippen MR) is 78.2 cm³/mol. The van der Waals surface area contributed by atoms with E-state index >= 15 is 0 Å². The van der Waals surface area contributed by atoms with Gasteiger partial charge >= 0.3 is 0 Å². The van der Waals surface area contributed by atoms with Crippen LogP contribution in [0.1, 0.15) is 28.8 Å². The molecule has 3 N–H and O–H groups in total. The van der Waals surface area contributed by atoms with Gasteiger partial charge in [0.2, 0.25) is 0 Å². The molecule has 6 nitrogen and oxygen atoms in total. The summed E-state index contributed by atoms with van der Waals surface area (Å²) in [5.74, 6) is 1.23. The number of aryl methyl sites for hydroxylation is 1. The lowest BCUT2D eigenvalue weighted by Gasteiger charge is -2.11. The number of para-hydroxylation sites is 1. The number of aromatic amines is 1. The van der Waals surface area contributed by atoms with Gasteiger partial charge in [-0.1, -0.05) is 25.1 Å².